The lowest BCUT2D eigenvalue weighted by molar-refractivity contribution is 0.477. The van der Waals surface area contributed by atoms with Crippen LogP contribution in [0.15, 0.2) is 78.9 Å². The second-order valence-corrected chi connectivity index (χ2v) is 4.72. The molecule has 0 aromatic heterocycles. The van der Waals surface area contributed by atoms with Gasteiger partial charge in [-0.1, -0.05) is 66.7 Å². The van der Waals surface area contributed by atoms with Gasteiger partial charge in [0.2, 0.25) is 0 Å². The molecule has 5 heteroatoms. The topological polar surface area (TPSA) is 96.3 Å². The fourth-order valence-corrected chi connectivity index (χ4v) is 2.07. The van der Waals surface area contributed by atoms with Crippen LogP contribution in [0.25, 0.3) is 11.1 Å². The predicted octanol–water partition coefficient (Wildman–Crippen LogP) is 3.32. The Labute approximate surface area is 135 Å². The normalized spacial score (nSPS) is 9.48. The molecule has 3 rings (SSSR count). The Morgan fingerprint density at radius 2 is 1.13 bits per heavy atom. The summed E-state index contributed by atoms with van der Waals surface area (Å²) >= 11 is 0. The molecule has 7 N–H and O–H groups in total. The maximum absolute atomic E-state index is 9.18. The molecule has 0 amide bonds. The van der Waals surface area contributed by atoms with Gasteiger partial charge in [0.25, 0.3) is 0 Å². The molecule has 5 nitrogen and oxygen atoms in total. The maximum Gasteiger partial charge on any atom is 0.142 e. The van der Waals surface area contributed by atoms with Crippen molar-refractivity contribution >= 4 is 11.4 Å². The van der Waals surface area contributed by atoms with Crippen LogP contribution in [0.4, 0.5) is 11.4 Å². The average Bonchev–Trinajstić information content (AvgIpc) is 2.63. The summed E-state index contributed by atoms with van der Waals surface area (Å²) in [7, 11) is 0. The summed E-state index contributed by atoms with van der Waals surface area (Å²) in [5.74, 6) is 10.3. The number of hydrogen-bond donors (Lipinski definition) is 5. The zero-order valence-corrected chi connectivity index (χ0v) is 12.6. The van der Waals surface area contributed by atoms with Gasteiger partial charge in [-0.05, 0) is 23.3 Å². The summed E-state index contributed by atoms with van der Waals surface area (Å²) in [6.45, 7) is 0. The monoisotopic (exact) mass is 308 g/mol. The maximum atomic E-state index is 9.18. The summed E-state index contributed by atoms with van der Waals surface area (Å²) in [6.07, 6.45) is 0. The van der Waals surface area contributed by atoms with E-state index in [-0.39, 0.29) is 5.75 Å². The molecule has 23 heavy (non-hydrogen) atoms. The second kappa shape index (κ2) is 8.43. The van der Waals surface area contributed by atoms with E-state index in [2.05, 4.69) is 59.4 Å². The van der Waals surface area contributed by atoms with Gasteiger partial charge in [-0.2, -0.15) is 0 Å². The predicted molar refractivity (Wildman–Crippen MR) is 95.6 cm³/mol. The molecule has 0 aliphatic rings. The molecule has 0 radical (unpaired) electrons. The molecule has 0 unspecified atom stereocenters. The van der Waals surface area contributed by atoms with E-state index in [0.29, 0.717) is 11.4 Å². The average molecular weight is 308 g/mol. The zero-order chi connectivity index (χ0) is 16.5. The Morgan fingerprint density at radius 1 is 0.609 bits per heavy atom. The van der Waals surface area contributed by atoms with Crippen molar-refractivity contribution in [3.05, 3.63) is 78.9 Å². The third-order valence-corrected chi connectivity index (χ3v) is 3.22. The summed E-state index contributed by atoms with van der Waals surface area (Å²) < 4.78 is 0. The molecule has 118 valence electrons. The van der Waals surface area contributed by atoms with E-state index < -0.39 is 0 Å². The number of phenols is 1. The first kappa shape index (κ1) is 16.4. The van der Waals surface area contributed by atoms with E-state index in [0.717, 1.165) is 0 Å². The first-order valence-corrected chi connectivity index (χ1v) is 7.12. The third kappa shape index (κ3) is 4.47. The van der Waals surface area contributed by atoms with Gasteiger partial charge in [0.15, 0.2) is 0 Å². The SMILES string of the molecule is NNc1cccc(O)c1NN.c1ccc(-c2ccccc2)cc1. The van der Waals surface area contributed by atoms with E-state index in [1.54, 1.807) is 12.1 Å². The molecule has 0 spiro atoms. The molecular formula is C18H20N4O. The second-order valence-electron chi connectivity index (χ2n) is 4.72. The van der Waals surface area contributed by atoms with E-state index >= 15 is 0 Å². The van der Waals surface area contributed by atoms with Crippen LogP contribution in [0, 0.1) is 0 Å². The summed E-state index contributed by atoms with van der Waals surface area (Å²) in [5, 5.41) is 9.18. The van der Waals surface area contributed by atoms with Gasteiger partial charge in [-0.15, -0.1) is 0 Å². The first-order chi connectivity index (χ1) is 11.3. The minimum atomic E-state index is 0.0583. The number of nitrogen functional groups attached to an aromatic ring is 2. The van der Waals surface area contributed by atoms with E-state index in [9.17, 15) is 5.11 Å². The molecular weight excluding hydrogens is 288 g/mol. The largest absolute Gasteiger partial charge is 0.506 e. The molecule has 3 aromatic carbocycles. The number of benzene rings is 3. The minimum absolute atomic E-state index is 0.0583. The number of phenolic OH excluding ortho intramolecular Hbond substituents is 1. The van der Waals surface area contributed by atoms with Gasteiger partial charge in [0.05, 0.1) is 5.69 Å². The highest BCUT2D eigenvalue weighted by Crippen LogP contribution is 2.29. The van der Waals surface area contributed by atoms with Crippen LogP contribution in [-0.2, 0) is 0 Å². The van der Waals surface area contributed by atoms with Crippen LogP contribution >= 0.6 is 0 Å². The van der Waals surface area contributed by atoms with Gasteiger partial charge in [-0.25, -0.2) is 0 Å². The number of nitrogens with one attached hydrogen (secondary N) is 2. The highest BCUT2D eigenvalue weighted by atomic mass is 16.3. The van der Waals surface area contributed by atoms with Crippen LogP contribution in [0.1, 0.15) is 0 Å². The lowest BCUT2D eigenvalue weighted by Gasteiger charge is -2.08. The molecule has 0 aliphatic heterocycles. The van der Waals surface area contributed by atoms with Crippen molar-refractivity contribution in [2.24, 2.45) is 11.7 Å². The van der Waals surface area contributed by atoms with Crippen molar-refractivity contribution in [2.45, 2.75) is 0 Å². The van der Waals surface area contributed by atoms with Crippen molar-refractivity contribution in [3.63, 3.8) is 0 Å². The molecule has 3 aromatic rings. The molecule has 0 heterocycles. The smallest absolute Gasteiger partial charge is 0.142 e. The number of rotatable bonds is 3. The fourth-order valence-electron chi connectivity index (χ4n) is 2.07. The van der Waals surface area contributed by atoms with Crippen molar-refractivity contribution in [1.29, 1.82) is 0 Å². The van der Waals surface area contributed by atoms with Gasteiger partial charge < -0.3 is 16.0 Å². The molecule has 0 bridgehead atoms. The molecule has 0 atom stereocenters. The molecule has 0 saturated heterocycles. The van der Waals surface area contributed by atoms with Crippen molar-refractivity contribution in [2.75, 3.05) is 10.9 Å². The Hall–Kier alpha value is -3.02. The zero-order valence-electron chi connectivity index (χ0n) is 12.6. The van der Waals surface area contributed by atoms with E-state index in [1.807, 2.05) is 12.1 Å². The Morgan fingerprint density at radius 3 is 1.52 bits per heavy atom. The number of aromatic hydroxyl groups is 1. The van der Waals surface area contributed by atoms with Crippen molar-refractivity contribution in [3.8, 4) is 16.9 Å². The summed E-state index contributed by atoms with van der Waals surface area (Å²) in [5.41, 5.74) is 8.19. The standard InChI is InChI=1S/C12H10.C6H10N4O/c1-3-7-11(8-4-1)12-9-5-2-6-10-12;7-9-4-2-1-3-5(11)6(4)10-8/h1-10H;1-3,9-11H,7-8H2. The summed E-state index contributed by atoms with van der Waals surface area (Å²) in [6, 6.07) is 25.6. The quantitative estimate of drug-likeness (QED) is 0.290. The van der Waals surface area contributed by atoms with Gasteiger partial charge >= 0.3 is 0 Å². The number of nitrogens with two attached hydrogens (primary N) is 2. The van der Waals surface area contributed by atoms with Crippen molar-refractivity contribution < 1.29 is 5.11 Å². The van der Waals surface area contributed by atoms with E-state index in [1.165, 1.54) is 17.2 Å². The first-order valence-electron chi connectivity index (χ1n) is 7.12. The van der Waals surface area contributed by atoms with Crippen LogP contribution in [0.3, 0.4) is 0 Å². The Kier molecular flexibility index (Phi) is 5.99. The highest BCUT2D eigenvalue weighted by Gasteiger charge is 2.02. The van der Waals surface area contributed by atoms with Crippen molar-refractivity contribution in [1.82, 2.24) is 0 Å². The number of hydrogen-bond acceptors (Lipinski definition) is 5. The number of para-hydroxylation sites is 1. The van der Waals surface area contributed by atoms with E-state index in [4.69, 9.17) is 11.7 Å². The van der Waals surface area contributed by atoms with Gasteiger partial charge in [0, 0.05) is 0 Å². The molecule has 0 fully saturated rings. The Balaban J connectivity index is 0.000000168. The lowest BCUT2D eigenvalue weighted by Crippen LogP contribution is -2.13. The van der Waals surface area contributed by atoms with Crippen LogP contribution in [-0.4, -0.2) is 5.11 Å². The van der Waals surface area contributed by atoms with Crippen LogP contribution in [0.2, 0.25) is 0 Å². The fraction of sp³-hybridized carbons (Fsp3) is 0. The highest BCUT2D eigenvalue weighted by molar-refractivity contribution is 5.74. The Bertz CT molecular complexity index is 680. The van der Waals surface area contributed by atoms with Gasteiger partial charge in [0.1, 0.15) is 11.4 Å². The number of anilines is 2. The van der Waals surface area contributed by atoms with Crippen LogP contribution in [0.5, 0.6) is 5.75 Å². The third-order valence-electron chi connectivity index (χ3n) is 3.22. The van der Waals surface area contributed by atoms with Gasteiger partial charge in [-0.3, -0.25) is 11.7 Å². The minimum Gasteiger partial charge on any atom is -0.506 e. The molecule has 0 aliphatic carbocycles. The summed E-state index contributed by atoms with van der Waals surface area (Å²) in [4.78, 5) is 0. The number of hydrazine groups is 2. The molecule has 0 saturated carbocycles. The lowest BCUT2D eigenvalue weighted by atomic mass is 10.1. The van der Waals surface area contributed by atoms with Crippen LogP contribution < -0.4 is 22.5 Å².